The summed E-state index contributed by atoms with van der Waals surface area (Å²) >= 11 is 0. The van der Waals surface area contributed by atoms with Crippen LogP contribution in [0.2, 0.25) is 0 Å². The number of rotatable bonds is 4. The summed E-state index contributed by atoms with van der Waals surface area (Å²) in [6.07, 6.45) is 8.60. The van der Waals surface area contributed by atoms with Crippen molar-refractivity contribution in [3.63, 3.8) is 0 Å². The Labute approximate surface area is 117 Å². The SMILES string of the molecule is CC(CC(=O)NC1CCNC1)C1CCCCC1.Cl. The van der Waals surface area contributed by atoms with Crippen LogP contribution in [0, 0.1) is 11.8 Å². The van der Waals surface area contributed by atoms with Crippen LogP contribution in [0.25, 0.3) is 0 Å². The van der Waals surface area contributed by atoms with Crippen molar-refractivity contribution in [1.82, 2.24) is 10.6 Å². The molecule has 2 aliphatic rings. The fourth-order valence-corrected chi connectivity index (χ4v) is 3.23. The maximum Gasteiger partial charge on any atom is 0.220 e. The van der Waals surface area contributed by atoms with E-state index < -0.39 is 0 Å². The Morgan fingerprint density at radius 1 is 1.28 bits per heavy atom. The minimum absolute atomic E-state index is 0. The quantitative estimate of drug-likeness (QED) is 0.827. The number of hydrogen-bond donors (Lipinski definition) is 2. The van der Waals surface area contributed by atoms with Gasteiger partial charge >= 0.3 is 0 Å². The Balaban J connectivity index is 0.00000162. The summed E-state index contributed by atoms with van der Waals surface area (Å²) in [5.74, 6) is 1.61. The zero-order chi connectivity index (χ0) is 12.1. The molecule has 1 saturated heterocycles. The third-order valence-electron chi connectivity index (χ3n) is 4.39. The molecular formula is C14H27ClN2O. The van der Waals surface area contributed by atoms with Gasteiger partial charge < -0.3 is 10.6 Å². The van der Waals surface area contributed by atoms with E-state index in [2.05, 4.69) is 17.6 Å². The maximum atomic E-state index is 11.9. The molecule has 1 saturated carbocycles. The molecule has 4 heteroatoms. The van der Waals surface area contributed by atoms with Crippen molar-refractivity contribution in [2.24, 2.45) is 11.8 Å². The lowest BCUT2D eigenvalue weighted by atomic mass is 9.79. The molecular weight excluding hydrogens is 248 g/mol. The molecule has 18 heavy (non-hydrogen) atoms. The fraction of sp³-hybridized carbons (Fsp3) is 0.929. The van der Waals surface area contributed by atoms with Crippen molar-refractivity contribution in [3.8, 4) is 0 Å². The lowest BCUT2D eigenvalue weighted by Gasteiger charge is -2.27. The summed E-state index contributed by atoms with van der Waals surface area (Å²) in [7, 11) is 0. The summed E-state index contributed by atoms with van der Waals surface area (Å²) in [5, 5.41) is 6.43. The number of halogens is 1. The summed E-state index contributed by atoms with van der Waals surface area (Å²) in [6, 6.07) is 0.376. The number of carbonyl (C=O) groups excluding carboxylic acids is 1. The minimum Gasteiger partial charge on any atom is -0.352 e. The number of hydrogen-bond acceptors (Lipinski definition) is 2. The van der Waals surface area contributed by atoms with Crippen LogP contribution in [0.1, 0.15) is 51.9 Å². The van der Waals surface area contributed by atoms with Crippen LogP contribution < -0.4 is 10.6 Å². The van der Waals surface area contributed by atoms with E-state index >= 15 is 0 Å². The van der Waals surface area contributed by atoms with E-state index in [-0.39, 0.29) is 18.3 Å². The molecule has 0 aromatic heterocycles. The molecule has 2 unspecified atom stereocenters. The van der Waals surface area contributed by atoms with Gasteiger partial charge in [-0.05, 0) is 24.8 Å². The van der Waals surface area contributed by atoms with E-state index in [0.29, 0.717) is 12.0 Å². The third-order valence-corrected chi connectivity index (χ3v) is 4.39. The van der Waals surface area contributed by atoms with E-state index in [1.165, 1.54) is 32.1 Å². The van der Waals surface area contributed by atoms with Crippen LogP contribution in [0.3, 0.4) is 0 Å². The van der Waals surface area contributed by atoms with E-state index in [0.717, 1.165) is 31.8 Å². The van der Waals surface area contributed by atoms with Gasteiger partial charge in [0.1, 0.15) is 0 Å². The van der Waals surface area contributed by atoms with Crippen LogP contribution in [0.15, 0.2) is 0 Å². The van der Waals surface area contributed by atoms with E-state index in [9.17, 15) is 4.79 Å². The van der Waals surface area contributed by atoms with Gasteiger partial charge in [0.05, 0.1) is 0 Å². The highest BCUT2D eigenvalue weighted by Crippen LogP contribution is 2.31. The minimum atomic E-state index is 0. The van der Waals surface area contributed by atoms with Crippen molar-refractivity contribution in [2.45, 2.75) is 57.9 Å². The van der Waals surface area contributed by atoms with Gasteiger partial charge in [-0.1, -0.05) is 39.0 Å². The van der Waals surface area contributed by atoms with Crippen molar-refractivity contribution in [1.29, 1.82) is 0 Å². The molecule has 0 aromatic rings. The van der Waals surface area contributed by atoms with Crippen LogP contribution in [-0.2, 0) is 4.79 Å². The molecule has 3 nitrogen and oxygen atoms in total. The van der Waals surface area contributed by atoms with Crippen molar-refractivity contribution in [2.75, 3.05) is 13.1 Å². The number of carbonyl (C=O) groups is 1. The molecule has 0 bridgehead atoms. The summed E-state index contributed by atoms with van der Waals surface area (Å²) < 4.78 is 0. The highest BCUT2D eigenvalue weighted by atomic mass is 35.5. The zero-order valence-electron chi connectivity index (χ0n) is 11.4. The second-order valence-electron chi connectivity index (χ2n) is 5.84. The lowest BCUT2D eigenvalue weighted by Crippen LogP contribution is -2.37. The van der Waals surface area contributed by atoms with Crippen molar-refractivity contribution < 1.29 is 4.79 Å². The molecule has 2 N–H and O–H groups in total. The van der Waals surface area contributed by atoms with Crippen LogP contribution in [-0.4, -0.2) is 25.0 Å². The zero-order valence-corrected chi connectivity index (χ0v) is 12.2. The molecule has 0 radical (unpaired) electrons. The first kappa shape index (κ1) is 15.8. The largest absolute Gasteiger partial charge is 0.352 e. The molecule has 1 amide bonds. The molecule has 0 spiro atoms. The summed E-state index contributed by atoms with van der Waals surface area (Å²) in [4.78, 5) is 11.9. The Morgan fingerprint density at radius 2 is 2.00 bits per heavy atom. The van der Waals surface area contributed by atoms with Crippen LogP contribution in [0.5, 0.6) is 0 Å². The Morgan fingerprint density at radius 3 is 2.61 bits per heavy atom. The summed E-state index contributed by atoms with van der Waals surface area (Å²) in [6.45, 7) is 4.25. The molecule has 1 aliphatic carbocycles. The van der Waals surface area contributed by atoms with Gasteiger partial charge in [-0.3, -0.25) is 4.79 Å². The monoisotopic (exact) mass is 274 g/mol. The van der Waals surface area contributed by atoms with Gasteiger partial charge in [-0.2, -0.15) is 0 Å². The van der Waals surface area contributed by atoms with Crippen molar-refractivity contribution >= 4 is 18.3 Å². The first-order chi connectivity index (χ1) is 8.25. The van der Waals surface area contributed by atoms with Crippen LogP contribution in [0.4, 0.5) is 0 Å². The molecule has 2 atom stereocenters. The molecule has 1 aliphatic heterocycles. The van der Waals surface area contributed by atoms with Gasteiger partial charge in [-0.25, -0.2) is 0 Å². The molecule has 106 valence electrons. The third kappa shape index (κ3) is 4.77. The standard InChI is InChI=1S/C14H26N2O.ClH/c1-11(12-5-3-2-4-6-12)9-14(17)16-13-7-8-15-10-13;/h11-13,15H,2-10H2,1H3,(H,16,17);1H. The van der Waals surface area contributed by atoms with E-state index in [4.69, 9.17) is 0 Å². The fourth-order valence-electron chi connectivity index (χ4n) is 3.23. The topological polar surface area (TPSA) is 41.1 Å². The first-order valence-corrected chi connectivity index (χ1v) is 7.26. The molecule has 2 fully saturated rings. The number of nitrogens with one attached hydrogen (secondary N) is 2. The highest BCUT2D eigenvalue weighted by Gasteiger charge is 2.23. The predicted octanol–water partition coefficient (Wildman–Crippen LogP) is 2.49. The maximum absolute atomic E-state index is 11.9. The van der Waals surface area contributed by atoms with Gasteiger partial charge in [0.2, 0.25) is 5.91 Å². The smallest absolute Gasteiger partial charge is 0.220 e. The van der Waals surface area contributed by atoms with Gasteiger partial charge in [0.15, 0.2) is 0 Å². The van der Waals surface area contributed by atoms with Gasteiger partial charge in [-0.15, -0.1) is 12.4 Å². The number of amides is 1. The molecule has 2 rings (SSSR count). The van der Waals surface area contributed by atoms with Crippen LogP contribution >= 0.6 is 12.4 Å². The Hall–Kier alpha value is -0.280. The van der Waals surface area contributed by atoms with Gasteiger partial charge in [0, 0.05) is 19.0 Å². The van der Waals surface area contributed by atoms with E-state index in [1.54, 1.807) is 0 Å². The predicted molar refractivity (Wildman–Crippen MR) is 77.0 cm³/mol. The molecule has 0 aromatic carbocycles. The normalized spacial score (nSPS) is 26.4. The summed E-state index contributed by atoms with van der Waals surface area (Å²) in [5.41, 5.74) is 0. The van der Waals surface area contributed by atoms with Crippen molar-refractivity contribution in [3.05, 3.63) is 0 Å². The second kappa shape index (κ2) is 8.00. The Bertz CT molecular complexity index is 248. The first-order valence-electron chi connectivity index (χ1n) is 7.26. The highest BCUT2D eigenvalue weighted by molar-refractivity contribution is 5.85. The Kier molecular flexibility index (Phi) is 7.02. The average Bonchev–Trinajstić information content (AvgIpc) is 2.82. The average molecular weight is 275 g/mol. The lowest BCUT2D eigenvalue weighted by molar-refractivity contribution is -0.123. The van der Waals surface area contributed by atoms with E-state index in [1.807, 2.05) is 0 Å². The van der Waals surface area contributed by atoms with Gasteiger partial charge in [0.25, 0.3) is 0 Å². The molecule has 1 heterocycles. The second-order valence-corrected chi connectivity index (χ2v) is 5.84.